The van der Waals surface area contributed by atoms with Gasteiger partial charge in [0.05, 0.1) is 30.3 Å². The number of aryl methyl sites for hydroxylation is 2. The van der Waals surface area contributed by atoms with Crippen LogP contribution in [0.15, 0.2) is 42.5 Å². The number of benzene rings is 2. The van der Waals surface area contributed by atoms with Crippen molar-refractivity contribution in [3.05, 3.63) is 69.3 Å². The number of aromatic nitrogens is 2. The van der Waals surface area contributed by atoms with Gasteiger partial charge in [0.25, 0.3) is 0 Å². The Labute approximate surface area is 184 Å². The van der Waals surface area contributed by atoms with Gasteiger partial charge in [-0.25, -0.2) is 9.97 Å². The lowest BCUT2D eigenvalue weighted by atomic mass is 10.1. The standard InChI is InChI=1S/C23H22ClN3O2S/c1-13-14(2)30-23-21(13)22(26-20(27-23)10-15-8-6-5-7-9-15)25-17-11-16(24)18(28-3)12-19(17)29-4/h5-9,11-12H,10H2,1-4H3,(H,25,26,27). The van der Waals surface area contributed by atoms with Gasteiger partial charge in [-0.15, -0.1) is 11.3 Å². The highest BCUT2D eigenvalue weighted by Crippen LogP contribution is 2.40. The van der Waals surface area contributed by atoms with E-state index in [2.05, 4.69) is 31.3 Å². The highest BCUT2D eigenvalue weighted by Gasteiger charge is 2.17. The molecule has 0 aliphatic heterocycles. The third-order valence-electron chi connectivity index (χ3n) is 5.01. The van der Waals surface area contributed by atoms with Gasteiger partial charge in [-0.3, -0.25) is 0 Å². The van der Waals surface area contributed by atoms with E-state index in [4.69, 9.17) is 31.0 Å². The topological polar surface area (TPSA) is 56.3 Å². The Morgan fingerprint density at radius 2 is 1.73 bits per heavy atom. The van der Waals surface area contributed by atoms with E-state index in [1.54, 1.807) is 37.7 Å². The minimum Gasteiger partial charge on any atom is -0.495 e. The van der Waals surface area contributed by atoms with Crippen LogP contribution in [0.4, 0.5) is 11.5 Å². The van der Waals surface area contributed by atoms with E-state index in [1.165, 1.54) is 10.4 Å². The number of thiophene rings is 1. The van der Waals surface area contributed by atoms with Crippen molar-refractivity contribution in [1.29, 1.82) is 0 Å². The molecule has 5 nitrogen and oxygen atoms in total. The summed E-state index contributed by atoms with van der Waals surface area (Å²) in [5.74, 6) is 2.68. The van der Waals surface area contributed by atoms with Gasteiger partial charge in [0.2, 0.25) is 0 Å². The molecule has 0 saturated carbocycles. The molecule has 0 radical (unpaired) electrons. The molecule has 0 aliphatic carbocycles. The van der Waals surface area contributed by atoms with E-state index < -0.39 is 0 Å². The second-order valence-electron chi connectivity index (χ2n) is 6.93. The first-order valence-corrected chi connectivity index (χ1v) is 10.7. The molecule has 4 aromatic rings. The Morgan fingerprint density at radius 3 is 2.43 bits per heavy atom. The third kappa shape index (κ3) is 3.93. The van der Waals surface area contributed by atoms with Gasteiger partial charge in [-0.2, -0.15) is 0 Å². The zero-order valence-electron chi connectivity index (χ0n) is 17.2. The monoisotopic (exact) mass is 439 g/mol. The fraction of sp³-hybridized carbons (Fsp3) is 0.217. The van der Waals surface area contributed by atoms with E-state index in [9.17, 15) is 0 Å². The van der Waals surface area contributed by atoms with Gasteiger partial charge < -0.3 is 14.8 Å². The summed E-state index contributed by atoms with van der Waals surface area (Å²) in [5.41, 5.74) is 3.05. The Bertz CT molecular complexity index is 1210. The second kappa shape index (κ2) is 8.50. The smallest absolute Gasteiger partial charge is 0.146 e. The van der Waals surface area contributed by atoms with Crippen LogP contribution in [-0.2, 0) is 6.42 Å². The summed E-state index contributed by atoms with van der Waals surface area (Å²) >= 11 is 8.04. The van der Waals surface area contributed by atoms with E-state index in [0.717, 1.165) is 33.1 Å². The first-order valence-electron chi connectivity index (χ1n) is 9.49. The average Bonchev–Trinajstić information content (AvgIpc) is 3.02. The number of halogens is 1. The molecule has 4 rings (SSSR count). The predicted molar refractivity (Wildman–Crippen MR) is 124 cm³/mol. The van der Waals surface area contributed by atoms with Crippen LogP contribution in [-0.4, -0.2) is 24.2 Å². The van der Waals surface area contributed by atoms with Crippen LogP contribution < -0.4 is 14.8 Å². The van der Waals surface area contributed by atoms with Crippen molar-refractivity contribution in [3.8, 4) is 11.5 Å². The molecule has 7 heteroatoms. The van der Waals surface area contributed by atoms with E-state index >= 15 is 0 Å². The maximum Gasteiger partial charge on any atom is 0.146 e. The van der Waals surface area contributed by atoms with Gasteiger partial charge >= 0.3 is 0 Å². The summed E-state index contributed by atoms with van der Waals surface area (Å²) in [6, 6.07) is 13.8. The molecule has 0 saturated heterocycles. The van der Waals surface area contributed by atoms with Crippen LogP contribution in [0.2, 0.25) is 5.02 Å². The van der Waals surface area contributed by atoms with Gasteiger partial charge in [0.1, 0.15) is 28.0 Å². The molecule has 154 valence electrons. The van der Waals surface area contributed by atoms with Gasteiger partial charge in [-0.05, 0) is 31.0 Å². The molecular formula is C23H22ClN3O2S. The number of nitrogens with zero attached hydrogens (tertiary/aromatic N) is 2. The van der Waals surface area contributed by atoms with E-state index in [-0.39, 0.29) is 0 Å². The van der Waals surface area contributed by atoms with Crippen LogP contribution in [0.1, 0.15) is 21.8 Å². The molecule has 2 aromatic carbocycles. The average molecular weight is 440 g/mol. The van der Waals surface area contributed by atoms with Crippen LogP contribution in [0.25, 0.3) is 10.2 Å². The molecule has 2 heterocycles. The quantitative estimate of drug-likeness (QED) is 0.381. The summed E-state index contributed by atoms with van der Waals surface area (Å²) in [6.07, 6.45) is 0.655. The Morgan fingerprint density at radius 1 is 1.00 bits per heavy atom. The van der Waals surface area contributed by atoms with Gasteiger partial charge in [0, 0.05) is 17.4 Å². The lowest BCUT2D eigenvalue weighted by molar-refractivity contribution is 0.396. The first kappa shape index (κ1) is 20.4. The summed E-state index contributed by atoms with van der Waals surface area (Å²) in [6.45, 7) is 4.20. The molecule has 0 amide bonds. The summed E-state index contributed by atoms with van der Waals surface area (Å²) in [5, 5.41) is 4.94. The van der Waals surface area contributed by atoms with Crippen LogP contribution in [0.5, 0.6) is 11.5 Å². The molecule has 1 N–H and O–H groups in total. The molecule has 0 atom stereocenters. The fourth-order valence-electron chi connectivity index (χ4n) is 3.33. The molecule has 0 aliphatic rings. The number of hydrogen-bond donors (Lipinski definition) is 1. The Hall–Kier alpha value is -2.83. The number of methoxy groups -OCH3 is 2. The fourth-order valence-corrected chi connectivity index (χ4v) is 4.62. The van der Waals surface area contributed by atoms with Crippen molar-refractivity contribution < 1.29 is 9.47 Å². The first-order chi connectivity index (χ1) is 14.5. The van der Waals surface area contributed by atoms with Crippen LogP contribution in [0.3, 0.4) is 0 Å². The van der Waals surface area contributed by atoms with Crippen LogP contribution in [0, 0.1) is 13.8 Å². The molecule has 0 fully saturated rings. The van der Waals surface area contributed by atoms with E-state index in [1.807, 2.05) is 18.2 Å². The van der Waals surface area contributed by atoms with Crippen molar-refractivity contribution in [1.82, 2.24) is 9.97 Å². The third-order valence-corrected chi connectivity index (χ3v) is 6.40. The van der Waals surface area contributed by atoms with Gasteiger partial charge in [-0.1, -0.05) is 41.9 Å². The zero-order chi connectivity index (χ0) is 21.3. The minimum absolute atomic E-state index is 0.494. The van der Waals surface area contributed by atoms with Crippen molar-refractivity contribution in [2.45, 2.75) is 20.3 Å². The summed E-state index contributed by atoms with van der Waals surface area (Å²) in [4.78, 5) is 11.9. The number of fused-ring (bicyclic) bond motifs is 1. The van der Waals surface area contributed by atoms with E-state index in [0.29, 0.717) is 22.9 Å². The van der Waals surface area contributed by atoms with Crippen molar-refractivity contribution in [2.75, 3.05) is 19.5 Å². The maximum atomic E-state index is 6.37. The highest BCUT2D eigenvalue weighted by molar-refractivity contribution is 7.18. The lowest BCUT2D eigenvalue weighted by Gasteiger charge is -2.15. The highest BCUT2D eigenvalue weighted by atomic mass is 35.5. The molecular weight excluding hydrogens is 418 g/mol. The van der Waals surface area contributed by atoms with Crippen molar-refractivity contribution in [2.24, 2.45) is 0 Å². The largest absolute Gasteiger partial charge is 0.495 e. The number of anilines is 2. The normalized spacial score (nSPS) is 11.0. The number of nitrogens with one attached hydrogen (secondary N) is 1. The zero-order valence-corrected chi connectivity index (χ0v) is 18.8. The molecule has 0 bridgehead atoms. The number of rotatable bonds is 6. The van der Waals surface area contributed by atoms with Crippen LogP contribution >= 0.6 is 22.9 Å². The molecule has 0 unspecified atom stereocenters. The van der Waals surface area contributed by atoms with Gasteiger partial charge in [0.15, 0.2) is 0 Å². The predicted octanol–water partition coefficient (Wildman–Crippen LogP) is 6.31. The lowest BCUT2D eigenvalue weighted by Crippen LogP contribution is -2.03. The SMILES string of the molecule is COc1cc(OC)c(Nc2nc(Cc3ccccc3)nc3sc(C)c(C)c23)cc1Cl. The molecule has 30 heavy (non-hydrogen) atoms. The molecule has 0 spiro atoms. The number of ether oxygens (including phenoxy) is 2. The number of hydrogen-bond acceptors (Lipinski definition) is 6. The Balaban J connectivity index is 1.82. The van der Waals surface area contributed by atoms with Crippen molar-refractivity contribution >= 4 is 44.7 Å². The second-order valence-corrected chi connectivity index (χ2v) is 8.54. The Kier molecular flexibility index (Phi) is 5.79. The summed E-state index contributed by atoms with van der Waals surface area (Å²) in [7, 11) is 3.19. The maximum absolute atomic E-state index is 6.37. The summed E-state index contributed by atoms with van der Waals surface area (Å²) < 4.78 is 10.9. The minimum atomic E-state index is 0.494. The van der Waals surface area contributed by atoms with Crippen molar-refractivity contribution in [3.63, 3.8) is 0 Å². The molecule has 2 aromatic heterocycles.